The summed E-state index contributed by atoms with van der Waals surface area (Å²) in [7, 11) is 0. The van der Waals surface area contributed by atoms with Crippen LogP contribution in [0, 0.1) is 0 Å². The molecule has 2 N–H and O–H groups in total. The van der Waals surface area contributed by atoms with E-state index in [1.807, 2.05) is 18.2 Å². The molecule has 0 atom stereocenters. The highest BCUT2D eigenvalue weighted by atomic mass is 32.2. The number of nitrogens with one attached hydrogen (secondary N) is 2. The van der Waals surface area contributed by atoms with Crippen LogP contribution in [0.2, 0.25) is 0 Å². The van der Waals surface area contributed by atoms with Crippen molar-refractivity contribution in [2.75, 3.05) is 36.8 Å². The summed E-state index contributed by atoms with van der Waals surface area (Å²) >= 11 is 1.66. The van der Waals surface area contributed by atoms with Gasteiger partial charge in [0.15, 0.2) is 0 Å². The number of benzene rings is 1. The Labute approximate surface area is 187 Å². The van der Waals surface area contributed by atoms with Gasteiger partial charge in [-0.05, 0) is 30.5 Å². The lowest BCUT2D eigenvalue weighted by Crippen LogP contribution is -2.46. The minimum atomic E-state index is -0.170. The van der Waals surface area contributed by atoms with Gasteiger partial charge in [0.05, 0.1) is 5.69 Å². The van der Waals surface area contributed by atoms with Gasteiger partial charge in [0.2, 0.25) is 5.91 Å². The Morgan fingerprint density at radius 1 is 1.06 bits per heavy atom. The summed E-state index contributed by atoms with van der Waals surface area (Å²) < 4.78 is 0. The van der Waals surface area contributed by atoms with Crippen molar-refractivity contribution in [3.63, 3.8) is 0 Å². The third-order valence-electron chi connectivity index (χ3n) is 5.67. The summed E-state index contributed by atoms with van der Waals surface area (Å²) in [5, 5.41) is 6.88. The summed E-state index contributed by atoms with van der Waals surface area (Å²) in [6.07, 6.45) is 3.95. The Bertz CT molecular complexity index is 887. The molecule has 0 saturated carbocycles. The Kier molecular flexibility index (Phi) is 7.43. The minimum absolute atomic E-state index is 0.00178. The van der Waals surface area contributed by atoms with E-state index in [9.17, 15) is 9.59 Å². The number of hydrogen-bond donors (Lipinski definition) is 2. The topological polar surface area (TPSA) is 77.6 Å². The van der Waals surface area contributed by atoms with Crippen LogP contribution in [0.15, 0.2) is 53.7 Å². The summed E-state index contributed by atoms with van der Waals surface area (Å²) in [5.41, 5.74) is 2.16. The fraction of sp³-hybridized carbons (Fsp3) is 0.435. The standard InChI is InChI=1S/C23H29N5O2S/c29-21(26-19-9-13-27(14-10-19)17-18-5-2-1-3-6-18)8-12-25-23(30)28-15-16-31-22-20(28)7-4-11-24-22/h1-7,11,19H,8-10,12-17H2,(H,25,30)(H,26,29). The molecular formula is C23H29N5O2S. The number of pyridine rings is 1. The van der Waals surface area contributed by atoms with Gasteiger partial charge in [0.1, 0.15) is 5.03 Å². The third-order valence-corrected chi connectivity index (χ3v) is 6.65. The van der Waals surface area contributed by atoms with Crippen LogP contribution in [0.25, 0.3) is 0 Å². The molecule has 0 spiro atoms. The molecule has 1 fully saturated rings. The van der Waals surface area contributed by atoms with Gasteiger partial charge in [-0.2, -0.15) is 0 Å². The van der Waals surface area contributed by atoms with Crippen molar-refractivity contribution >= 4 is 29.4 Å². The highest BCUT2D eigenvalue weighted by molar-refractivity contribution is 7.99. The normalized spacial score (nSPS) is 17.1. The van der Waals surface area contributed by atoms with Gasteiger partial charge in [-0.1, -0.05) is 30.3 Å². The van der Waals surface area contributed by atoms with Crippen molar-refractivity contribution in [1.82, 2.24) is 20.5 Å². The van der Waals surface area contributed by atoms with Crippen molar-refractivity contribution in [3.8, 4) is 0 Å². The highest BCUT2D eigenvalue weighted by Gasteiger charge is 2.24. The van der Waals surface area contributed by atoms with Crippen molar-refractivity contribution in [3.05, 3.63) is 54.2 Å². The van der Waals surface area contributed by atoms with Gasteiger partial charge in [-0.25, -0.2) is 9.78 Å². The Morgan fingerprint density at radius 2 is 1.87 bits per heavy atom. The number of fused-ring (bicyclic) bond motifs is 1. The molecule has 3 amide bonds. The predicted molar refractivity (Wildman–Crippen MR) is 123 cm³/mol. The van der Waals surface area contributed by atoms with Crippen LogP contribution < -0.4 is 15.5 Å². The largest absolute Gasteiger partial charge is 0.353 e. The Balaban J connectivity index is 1.15. The predicted octanol–water partition coefficient (Wildman–Crippen LogP) is 2.87. The van der Waals surface area contributed by atoms with Crippen LogP contribution in [-0.4, -0.2) is 59.8 Å². The molecule has 0 aliphatic carbocycles. The van der Waals surface area contributed by atoms with Gasteiger partial charge in [0, 0.05) is 57.1 Å². The zero-order valence-corrected chi connectivity index (χ0v) is 18.4. The molecule has 0 radical (unpaired) electrons. The first kappa shape index (κ1) is 21.6. The lowest BCUT2D eigenvalue weighted by Gasteiger charge is -2.32. The molecule has 164 valence electrons. The average Bonchev–Trinajstić information content (AvgIpc) is 2.80. The Morgan fingerprint density at radius 3 is 2.68 bits per heavy atom. The number of hydrogen-bond acceptors (Lipinski definition) is 5. The van der Waals surface area contributed by atoms with Crippen LogP contribution in [-0.2, 0) is 11.3 Å². The second-order valence-electron chi connectivity index (χ2n) is 7.91. The molecule has 0 bridgehead atoms. The summed E-state index contributed by atoms with van der Waals surface area (Å²) in [5.74, 6) is 0.819. The van der Waals surface area contributed by atoms with Crippen molar-refractivity contribution in [2.45, 2.75) is 36.9 Å². The molecule has 0 unspecified atom stereocenters. The maximum Gasteiger partial charge on any atom is 0.322 e. The van der Waals surface area contributed by atoms with Crippen LogP contribution >= 0.6 is 11.8 Å². The van der Waals surface area contributed by atoms with Gasteiger partial charge in [0.25, 0.3) is 0 Å². The molecule has 8 heteroatoms. The van der Waals surface area contributed by atoms with Crippen LogP contribution in [0.1, 0.15) is 24.8 Å². The number of thioether (sulfide) groups is 1. The number of piperidine rings is 1. The van der Waals surface area contributed by atoms with Gasteiger partial charge in [-0.15, -0.1) is 11.8 Å². The zero-order valence-electron chi connectivity index (χ0n) is 17.6. The number of amides is 3. The number of rotatable bonds is 6. The lowest BCUT2D eigenvalue weighted by atomic mass is 10.0. The quantitative estimate of drug-likeness (QED) is 0.724. The van der Waals surface area contributed by atoms with Crippen molar-refractivity contribution in [2.24, 2.45) is 0 Å². The average molecular weight is 440 g/mol. The van der Waals surface area contributed by atoms with Gasteiger partial charge < -0.3 is 10.6 Å². The van der Waals surface area contributed by atoms with E-state index < -0.39 is 0 Å². The molecule has 7 nitrogen and oxygen atoms in total. The van der Waals surface area contributed by atoms with Crippen LogP contribution in [0.4, 0.5) is 10.5 Å². The third kappa shape index (κ3) is 5.98. The van der Waals surface area contributed by atoms with E-state index in [0.717, 1.165) is 48.9 Å². The molecule has 1 aromatic carbocycles. The maximum atomic E-state index is 12.6. The molecule has 1 saturated heterocycles. The number of likely N-dealkylation sites (tertiary alicyclic amines) is 1. The van der Waals surface area contributed by atoms with E-state index in [2.05, 4.69) is 44.8 Å². The van der Waals surface area contributed by atoms with E-state index in [1.54, 1.807) is 22.9 Å². The van der Waals surface area contributed by atoms with Crippen LogP contribution in [0.3, 0.4) is 0 Å². The first-order chi connectivity index (χ1) is 15.2. The minimum Gasteiger partial charge on any atom is -0.353 e. The monoisotopic (exact) mass is 439 g/mol. The first-order valence-corrected chi connectivity index (χ1v) is 11.9. The number of nitrogens with zero attached hydrogens (tertiary/aromatic N) is 3. The molecule has 2 aliphatic heterocycles. The number of anilines is 1. The SMILES string of the molecule is O=C(CCNC(=O)N1CCSc2ncccc21)NC1CCN(Cc2ccccc2)CC1. The zero-order chi connectivity index (χ0) is 21.5. The molecule has 4 rings (SSSR count). The van der Waals surface area contributed by atoms with E-state index >= 15 is 0 Å². The van der Waals surface area contributed by atoms with Crippen molar-refractivity contribution in [1.29, 1.82) is 0 Å². The number of carbonyl (C=O) groups excluding carboxylic acids is 2. The number of carbonyl (C=O) groups is 2. The fourth-order valence-electron chi connectivity index (χ4n) is 4.02. The summed E-state index contributed by atoms with van der Waals surface area (Å²) in [6.45, 7) is 3.90. The van der Waals surface area contributed by atoms with E-state index in [4.69, 9.17) is 0 Å². The fourth-order valence-corrected chi connectivity index (χ4v) is 4.95. The van der Waals surface area contributed by atoms with Gasteiger partial charge >= 0.3 is 6.03 Å². The lowest BCUT2D eigenvalue weighted by molar-refractivity contribution is -0.122. The van der Waals surface area contributed by atoms with Crippen molar-refractivity contribution < 1.29 is 9.59 Å². The summed E-state index contributed by atoms with van der Waals surface area (Å²) in [4.78, 5) is 33.4. The molecule has 2 aromatic rings. The Hall–Kier alpha value is -2.58. The molecule has 3 heterocycles. The van der Waals surface area contributed by atoms with E-state index in [1.165, 1.54) is 5.56 Å². The van der Waals surface area contributed by atoms with E-state index in [0.29, 0.717) is 19.5 Å². The smallest absolute Gasteiger partial charge is 0.322 e. The molecular weight excluding hydrogens is 410 g/mol. The molecule has 31 heavy (non-hydrogen) atoms. The highest BCUT2D eigenvalue weighted by Crippen LogP contribution is 2.32. The van der Waals surface area contributed by atoms with Gasteiger partial charge in [-0.3, -0.25) is 14.6 Å². The molecule has 2 aliphatic rings. The maximum absolute atomic E-state index is 12.6. The summed E-state index contributed by atoms with van der Waals surface area (Å²) in [6, 6.07) is 14.3. The second-order valence-corrected chi connectivity index (χ2v) is 9.00. The number of aromatic nitrogens is 1. The second kappa shape index (κ2) is 10.6. The molecule has 1 aromatic heterocycles. The number of urea groups is 1. The first-order valence-electron chi connectivity index (χ1n) is 10.9. The van der Waals surface area contributed by atoms with Crippen LogP contribution in [0.5, 0.6) is 0 Å². The van der Waals surface area contributed by atoms with E-state index in [-0.39, 0.29) is 18.0 Å².